The molecule has 0 aliphatic rings. The number of rotatable bonds is 7. The van der Waals surface area contributed by atoms with E-state index in [2.05, 4.69) is 0 Å². The van der Waals surface area contributed by atoms with Crippen molar-refractivity contribution in [1.29, 1.82) is 5.26 Å². The van der Waals surface area contributed by atoms with Crippen LogP contribution in [0.4, 0.5) is 0 Å². The predicted molar refractivity (Wildman–Crippen MR) is 110 cm³/mol. The number of carbonyl (C=O) groups is 1. The van der Waals surface area contributed by atoms with Crippen molar-refractivity contribution in [3.05, 3.63) is 77.5 Å². The molecule has 0 unspecified atom stereocenters. The molecule has 146 valence electrons. The van der Waals surface area contributed by atoms with E-state index in [1.165, 1.54) is 13.2 Å². The number of esters is 1. The van der Waals surface area contributed by atoms with Crippen molar-refractivity contribution in [1.82, 2.24) is 9.78 Å². The number of carbonyl (C=O) groups excluding carboxylic acids is 1. The summed E-state index contributed by atoms with van der Waals surface area (Å²) < 4.78 is 11.7. The Kier molecular flexibility index (Phi) is 6.56. The normalized spacial score (nSPS) is 11.1. The average molecular weight is 387 g/mol. The highest BCUT2D eigenvalue weighted by Crippen LogP contribution is 2.26. The number of nitriles is 1. The maximum Gasteiger partial charge on any atom is 0.348 e. The second-order valence-corrected chi connectivity index (χ2v) is 6.38. The average Bonchev–Trinajstić information content (AvgIpc) is 3.17. The smallest absolute Gasteiger partial charge is 0.348 e. The summed E-state index contributed by atoms with van der Waals surface area (Å²) in [6, 6.07) is 19.5. The molecule has 0 aliphatic heterocycles. The molecule has 0 fully saturated rings. The molecule has 1 aromatic heterocycles. The quantitative estimate of drug-likeness (QED) is 0.266. The highest BCUT2D eigenvalue weighted by Gasteiger charge is 2.16. The number of nitrogens with zero attached hydrogens (tertiary/aromatic N) is 3. The Morgan fingerprint density at radius 2 is 1.86 bits per heavy atom. The van der Waals surface area contributed by atoms with Gasteiger partial charge in [0.25, 0.3) is 0 Å². The number of hydrogen-bond acceptors (Lipinski definition) is 5. The molecule has 6 nitrogen and oxygen atoms in total. The third-order valence-electron chi connectivity index (χ3n) is 4.25. The fraction of sp³-hybridized carbons (Fsp3) is 0.174. The van der Waals surface area contributed by atoms with E-state index in [1.54, 1.807) is 10.9 Å². The SMILES string of the molecule is COCCOC(=O)/C(C#N)=C/c1cn(-c2ccccc2)nc1-c1ccc(C)cc1. The Bertz CT molecular complexity index is 1050. The second kappa shape index (κ2) is 9.49. The van der Waals surface area contributed by atoms with Gasteiger partial charge in [-0.3, -0.25) is 0 Å². The molecule has 0 amide bonds. The van der Waals surface area contributed by atoms with Gasteiger partial charge in [0.1, 0.15) is 18.2 Å². The lowest BCUT2D eigenvalue weighted by Crippen LogP contribution is -2.11. The van der Waals surface area contributed by atoms with Crippen LogP contribution >= 0.6 is 0 Å². The summed E-state index contributed by atoms with van der Waals surface area (Å²) in [6.45, 7) is 2.37. The predicted octanol–water partition coefficient (Wildman–Crippen LogP) is 3.94. The number of benzene rings is 2. The minimum absolute atomic E-state index is 0.0858. The van der Waals surface area contributed by atoms with E-state index >= 15 is 0 Å². The van der Waals surface area contributed by atoms with Crippen molar-refractivity contribution in [3.63, 3.8) is 0 Å². The molecule has 0 N–H and O–H groups in total. The molecule has 0 radical (unpaired) electrons. The van der Waals surface area contributed by atoms with Gasteiger partial charge >= 0.3 is 5.97 Å². The number of aryl methyl sites for hydroxylation is 1. The van der Waals surface area contributed by atoms with Crippen molar-refractivity contribution in [2.24, 2.45) is 0 Å². The first-order valence-corrected chi connectivity index (χ1v) is 9.12. The number of para-hydroxylation sites is 1. The first-order chi connectivity index (χ1) is 14.1. The van der Waals surface area contributed by atoms with E-state index in [4.69, 9.17) is 14.6 Å². The monoisotopic (exact) mass is 387 g/mol. The lowest BCUT2D eigenvalue weighted by molar-refractivity contribution is -0.139. The highest BCUT2D eigenvalue weighted by molar-refractivity contribution is 5.98. The van der Waals surface area contributed by atoms with Gasteiger partial charge in [-0.1, -0.05) is 48.0 Å². The third-order valence-corrected chi connectivity index (χ3v) is 4.25. The number of hydrogen-bond donors (Lipinski definition) is 0. The molecule has 2 aromatic carbocycles. The van der Waals surface area contributed by atoms with Crippen molar-refractivity contribution in [3.8, 4) is 23.0 Å². The van der Waals surface area contributed by atoms with Crippen molar-refractivity contribution < 1.29 is 14.3 Å². The Morgan fingerprint density at radius 1 is 1.14 bits per heavy atom. The lowest BCUT2D eigenvalue weighted by Gasteiger charge is -2.03. The molecule has 1 heterocycles. The Labute approximate surface area is 169 Å². The van der Waals surface area contributed by atoms with Gasteiger partial charge in [-0.05, 0) is 25.1 Å². The number of methoxy groups -OCH3 is 1. The van der Waals surface area contributed by atoms with E-state index in [0.29, 0.717) is 11.3 Å². The van der Waals surface area contributed by atoms with Gasteiger partial charge < -0.3 is 9.47 Å². The lowest BCUT2D eigenvalue weighted by atomic mass is 10.0. The topological polar surface area (TPSA) is 77.1 Å². The standard InChI is InChI=1S/C23H21N3O3/c1-17-8-10-18(11-9-17)22-20(14-19(15-24)23(27)29-13-12-28-2)16-26(25-22)21-6-4-3-5-7-21/h3-11,14,16H,12-13H2,1-2H3/b19-14+. The van der Waals surface area contributed by atoms with Crippen molar-refractivity contribution in [2.75, 3.05) is 20.3 Å². The van der Waals surface area contributed by atoms with Gasteiger partial charge in [0.15, 0.2) is 0 Å². The highest BCUT2D eigenvalue weighted by atomic mass is 16.6. The van der Waals surface area contributed by atoms with Crippen LogP contribution in [0.2, 0.25) is 0 Å². The van der Waals surface area contributed by atoms with Gasteiger partial charge in [0, 0.05) is 24.4 Å². The maximum absolute atomic E-state index is 12.2. The fourth-order valence-electron chi connectivity index (χ4n) is 2.73. The number of aromatic nitrogens is 2. The molecule has 0 aliphatic carbocycles. The van der Waals surface area contributed by atoms with Gasteiger partial charge in [-0.15, -0.1) is 0 Å². The van der Waals surface area contributed by atoms with Crippen molar-refractivity contribution >= 4 is 12.0 Å². The Morgan fingerprint density at radius 3 is 2.52 bits per heavy atom. The minimum atomic E-state index is -0.688. The second-order valence-electron chi connectivity index (χ2n) is 6.38. The van der Waals surface area contributed by atoms with Gasteiger partial charge in [0.2, 0.25) is 0 Å². The van der Waals surface area contributed by atoms with Crippen molar-refractivity contribution in [2.45, 2.75) is 6.92 Å². The van der Waals surface area contributed by atoms with Crippen LogP contribution in [0.1, 0.15) is 11.1 Å². The minimum Gasteiger partial charge on any atom is -0.459 e. The molecular weight excluding hydrogens is 366 g/mol. The first kappa shape index (κ1) is 20.1. The zero-order chi connectivity index (χ0) is 20.6. The van der Waals surface area contributed by atoms with Gasteiger partial charge in [0.05, 0.1) is 18.0 Å². The van der Waals surface area contributed by atoms with Gasteiger partial charge in [-0.2, -0.15) is 10.4 Å². The van der Waals surface area contributed by atoms with Gasteiger partial charge in [-0.25, -0.2) is 9.48 Å². The van der Waals surface area contributed by atoms with Crippen LogP contribution < -0.4 is 0 Å². The van der Waals surface area contributed by atoms with Crippen LogP contribution in [0.25, 0.3) is 23.0 Å². The molecule has 0 saturated carbocycles. The number of ether oxygens (including phenoxy) is 2. The van der Waals surface area contributed by atoms with Crippen LogP contribution in [0, 0.1) is 18.3 Å². The molecule has 6 heteroatoms. The molecule has 0 atom stereocenters. The fourth-order valence-corrected chi connectivity index (χ4v) is 2.73. The summed E-state index contributed by atoms with van der Waals surface area (Å²) in [6.07, 6.45) is 3.31. The van der Waals surface area contributed by atoms with E-state index < -0.39 is 5.97 Å². The largest absolute Gasteiger partial charge is 0.459 e. The molecule has 0 spiro atoms. The summed E-state index contributed by atoms with van der Waals surface area (Å²) in [5.74, 6) is -0.688. The van der Waals surface area contributed by atoms with E-state index in [1.807, 2.05) is 67.6 Å². The zero-order valence-corrected chi connectivity index (χ0v) is 16.3. The van der Waals surface area contributed by atoms with Crippen LogP contribution in [-0.4, -0.2) is 36.1 Å². The summed E-state index contributed by atoms with van der Waals surface area (Å²) >= 11 is 0. The third kappa shape index (κ3) is 4.98. The van der Waals surface area contributed by atoms with E-state index in [9.17, 15) is 10.1 Å². The molecule has 3 rings (SSSR count). The van der Waals surface area contributed by atoms with E-state index in [-0.39, 0.29) is 18.8 Å². The first-order valence-electron chi connectivity index (χ1n) is 9.12. The zero-order valence-electron chi connectivity index (χ0n) is 16.3. The van der Waals surface area contributed by atoms with Crippen LogP contribution in [-0.2, 0) is 14.3 Å². The van der Waals surface area contributed by atoms with Crippen LogP contribution in [0.15, 0.2) is 66.4 Å². The molecule has 29 heavy (non-hydrogen) atoms. The molecule has 3 aromatic rings. The Hall–Kier alpha value is -3.69. The van der Waals surface area contributed by atoms with Crippen LogP contribution in [0.3, 0.4) is 0 Å². The van der Waals surface area contributed by atoms with Crippen LogP contribution in [0.5, 0.6) is 0 Å². The molecular formula is C23H21N3O3. The summed E-state index contributed by atoms with van der Waals surface area (Å²) in [4.78, 5) is 12.2. The Balaban J connectivity index is 2.03. The molecule has 0 bridgehead atoms. The van der Waals surface area contributed by atoms with E-state index in [0.717, 1.165) is 16.8 Å². The molecule has 0 saturated heterocycles. The summed E-state index contributed by atoms with van der Waals surface area (Å²) in [7, 11) is 1.51. The summed E-state index contributed by atoms with van der Waals surface area (Å²) in [5, 5.41) is 14.2. The maximum atomic E-state index is 12.2. The summed E-state index contributed by atoms with van der Waals surface area (Å²) in [5.41, 5.74) is 4.13.